The summed E-state index contributed by atoms with van der Waals surface area (Å²) in [5, 5.41) is 3.04. The first-order valence-corrected chi connectivity index (χ1v) is 7.27. The molecule has 0 aromatic heterocycles. The summed E-state index contributed by atoms with van der Waals surface area (Å²) in [6.45, 7) is 3.95. The molecular formula is C18H23ClN2O. The number of halogens is 1. The molecular weight excluding hydrogens is 296 g/mol. The van der Waals surface area contributed by atoms with Crippen molar-refractivity contribution in [2.45, 2.75) is 32.7 Å². The number of aryl methyl sites for hydroxylation is 2. The number of hydrogen-bond donors (Lipinski definition) is 2. The van der Waals surface area contributed by atoms with Gasteiger partial charge in [0.15, 0.2) is 0 Å². The van der Waals surface area contributed by atoms with E-state index in [9.17, 15) is 4.79 Å². The first kappa shape index (κ1) is 18.1. The van der Waals surface area contributed by atoms with Crippen molar-refractivity contribution in [3.05, 3.63) is 65.2 Å². The Bertz CT molecular complexity index is 614. The van der Waals surface area contributed by atoms with E-state index in [1.807, 2.05) is 44.2 Å². The molecule has 2 rings (SSSR count). The normalized spacial score (nSPS) is 11.4. The topological polar surface area (TPSA) is 55.1 Å². The summed E-state index contributed by atoms with van der Waals surface area (Å²) in [7, 11) is 0. The molecule has 4 heteroatoms. The lowest BCUT2D eigenvalue weighted by atomic mass is 10.0. The highest BCUT2D eigenvalue weighted by Gasteiger charge is 2.12. The molecule has 0 aliphatic rings. The number of carbonyl (C=O) groups excluding carboxylic acids is 1. The van der Waals surface area contributed by atoms with Gasteiger partial charge in [0.25, 0.3) is 5.91 Å². The van der Waals surface area contributed by atoms with Gasteiger partial charge in [0.1, 0.15) is 0 Å². The lowest BCUT2D eigenvalue weighted by Gasteiger charge is -2.15. The predicted octanol–water partition coefficient (Wildman–Crippen LogP) is 3.75. The van der Waals surface area contributed by atoms with E-state index in [1.165, 1.54) is 5.56 Å². The van der Waals surface area contributed by atoms with E-state index in [0.29, 0.717) is 11.3 Å². The van der Waals surface area contributed by atoms with Crippen LogP contribution in [0.4, 0.5) is 5.69 Å². The van der Waals surface area contributed by atoms with E-state index in [2.05, 4.69) is 17.4 Å². The third-order valence-electron chi connectivity index (χ3n) is 3.59. The van der Waals surface area contributed by atoms with Crippen molar-refractivity contribution < 1.29 is 4.79 Å². The number of rotatable bonds is 5. The number of carbonyl (C=O) groups is 1. The number of benzene rings is 2. The maximum atomic E-state index is 12.3. The first-order valence-electron chi connectivity index (χ1n) is 7.27. The number of amides is 1. The van der Waals surface area contributed by atoms with Crippen molar-refractivity contribution >= 4 is 24.0 Å². The number of nitrogen functional groups attached to an aromatic ring is 1. The van der Waals surface area contributed by atoms with Crippen LogP contribution in [0.25, 0.3) is 0 Å². The van der Waals surface area contributed by atoms with Crippen LogP contribution in [0, 0.1) is 6.92 Å². The van der Waals surface area contributed by atoms with Gasteiger partial charge in [-0.3, -0.25) is 4.79 Å². The van der Waals surface area contributed by atoms with Crippen LogP contribution in [0.3, 0.4) is 0 Å². The third-order valence-corrected chi connectivity index (χ3v) is 3.59. The number of anilines is 1. The Labute approximate surface area is 138 Å². The molecule has 0 aliphatic carbocycles. The second kappa shape index (κ2) is 8.44. The Morgan fingerprint density at radius 2 is 1.86 bits per heavy atom. The molecule has 0 fully saturated rings. The summed E-state index contributed by atoms with van der Waals surface area (Å²) < 4.78 is 0. The second-order valence-corrected chi connectivity index (χ2v) is 5.47. The van der Waals surface area contributed by atoms with Gasteiger partial charge in [-0.1, -0.05) is 36.4 Å². The molecule has 0 bridgehead atoms. The smallest absolute Gasteiger partial charge is 0.251 e. The summed E-state index contributed by atoms with van der Waals surface area (Å²) in [6, 6.07) is 15.8. The molecule has 0 aliphatic heterocycles. The minimum atomic E-state index is -0.0552. The van der Waals surface area contributed by atoms with Crippen LogP contribution < -0.4 is 11.1 Å². The quantitative estimate of drug-likeness (QED) is 0.825. The van der Waals surface area contributed by atoms with Gasteiger partial charge < -0.3 is 11.1 Å². The van der Waals surface area contributed by atoms with Crippen molar-refractivity contribution in [1.82, 2.24) is 5.32 Å². The largest absolute Gasteiger partial charge is 0.399 e. The summed E-state index contributed by atoms with van der Waals surface area (Å²) in [4.78, 5) is 12.3. The molecule has 3 nitrogen and oxygen atoms in total. The van der Waals surface area contributed by atoms with Crippen molar-refractivity contribution in [1.29, 1.82) is 0 Å². The van der Waals surface area contributed by atoms with E-state index < -0.39 is 0 Å². The highest BCUT2D eigenvalue weighted by Crippen LogP contribution is 2.13. The minimum Gasteiger partial charge on any atom is -0.399 e. The van der Waals surface area contributed by atoms with Gasteiger partial charge >= 0.3 is 0 Å². The third kappa shape index (κ3) is 5.08. The van der Waals surface area contributed by atoms with E-state index in [1.54, 1.807) is 6.07 Å². The molecule has 1 atom stereocenters. The summed E-state index contributed by atoms with van der Waals surface area (Å²) >= 11 is 0. The molecule has 1 unspecified atom stereocenters. The Morgan fingerprint density at radius 3 is 2.55 bits per heavy atom. The highest BCUT2D eigenvalue weighted by molar-refractivity contribution is 5.96. The summed E-state index contributed by atoms with van der Waals surface area (Å²) in [6.07, 6.45) is 1.87. The van der Waals surface area contributed by atoms with Crippen LogP contribution in [-0.2, 0) is 6.42 Å². The second-order valence-electron chi connectivity index (χ2n) is 5.47. The molecule has 2 aromatic carbocycles. The van der Waals surface area contributed by atoms with Gasteiger partial charge in [-0.15, -0.1) is 12.4 Å². The number of nitrogens with two attached hydrogens (primary N) is 1. The average Bonchev–Trinajstić information content (AvgIpc) is 2.48. The molecule has 118 valence electrons. The van der Waals surface area contributed by atoms with Crippen molar-refractivity contribution in [3.8, 4) is 0 Å². The zero-order valence-electron chi connectivity index (χ0n) is 13.0. The number of nitrogens with one attached hydrogen (secondary N) is 1. The Hall–Kier alpha value is -2.00. The molecule has 0 radical (unpaired) electrons. The van der Waals surface area contributed by atoms with E-state index >= 15 is 0 Å². The van der Waals surface area contributed by atoms with Gasteiger partial charge in [0.05, 0.1) is 0 Å². The lowest BCUT2D eigenvalue weighted by molar-refractivity contribution is 0.0938. The van der Waals surface area contributed by atoms with Gasteiger partial charge in [0, 0.05) is 17.3 Å². The fourth-order valence-electron chi connectivity index (χ4n) is 2.29. The lowest BCUT2D eigenvalue weighted by Crippen LogP contribution is -2.33. The van der Waals surface area contributed by atoms with Gasteiger partial charge in [-0.25, -0.2) is 0 Å². The van der Waals surface area contributed by atoms with Crippen LogP contribution in [0.1, 0.15) is 34.8 Å². The van der Waals surface area contributed by atoms with Crippen LogP contribution in [0.2, 0.25) is 0 Å². The van der Waals surface area contributed by atoms with Gasteiger partial charge in [0.2, 0.25) is 0 Å². The summed E-state index contributed by atoms with van der Waals surface area (Å²) in [5.74, 6) is -0.0552. The van der Waals surface area contributed by atoms with Gasteiger partial charge in [-0.2, -0.15) is 0 Å². The maximum Gasteiger partial charge on any atom is 0.251 e. The van der Waals surface area contributed by atoms with Crippen LogP contribution in [0.15, 0.2) is 48.5 Å². The first-order chi connectivity index (χ1) is 10.1. The van der Waals surface area contributed by atoms with Crippen molar-refractivity contribution in [3.63, 3.8) is 0 Å². The Morgan fingerprint density at radius 1 is 1.18 bits per heavy atom. The molecule has 0 saturated heterocycles. The highest BCUT2D eigenvalue weighted by atomic mass is 35.5. The molecule has 0 heterocycles. The van der Waals surface area contributed by atoms with Crippen LogP contribution in [0.5, 0.6) is 0 Å². The fourth-order valence-corrected chi connectivity index (χ4v) is 2.29. The van der Waals surface area contributed by atoms with Crippen LogP contribution >= 0.6 is 12.4 Å². The zero-order chi connectivity index (χ0) is 15.2. The maximum absolute atomic E-state index is 12.3. The van der Waals surface area contributed by atoms with Crippen molar-refractivity contribution in [2.75, 3.05) is 5.73 Å². The van der Waals surface area contributed by atoms with E-state index in [0.717, 1.165) is 18.4 Å². The van der Waals surface area contributed by atoms with E-state index in [4.69, 9.17) is 5.73 Å². The molecule has 0 saturated carbocycles. The molecule has 22 heavy (non-hydrogen) atoms. The SMILES string of the molecule is Cc1ccc(N)cc1C(=O)NC(C)CCc1ccccc1.Cl. The molecule has 2 aromatic rings. The van der Waals surface area contributed by atoms with Crippen molar-refractivity contribution in [2.24, 2.45) is 0 Å². The monoisotopic (exact) mass is 318 g/mol. The standard InChI is InChI=1S/C18H22N2O.ClH/c1-13-8-11-16(19)12-17(13)18(21)20-14(2)9-10-15-6-4-3-5-7-15;/h3-8,11-12,14H,9-10,19H2,1-2H3,(H,20,21);1H. The average molecular weight is 319 g/mol. The zero-order valence-corrected chi connectivity index (χ0v) is 13.8. The number of hydrogen-bond acceptors (Lipinski definition) is 2. The summed E-state index contributed by atoms with van der Waals surface area (Å²) in [5.41, 5.74) is 9.25. The fraction of sp³-hybridized carbons (Fsp3) is 0.278. The van der Waals surface area contributed by atoms with Crippen LogP contribution in [-0.4, -0.2) is 11.9 Å². The minimum absolute atomic E-state index is 0. The molecule has 3 N–H and O–H groups in total. The Balaban J connectivity index is 0.00000242. The Kier molecular flexibility index (Phi) is 6.93. The van der Waals surface area contributed by atoms with Gasteiger partial charge in [-0.05, 0) is 49.9 Å². The van der Waals surface area contributed by atoms with E-state index in [-0.39, 0.29) is 24.4 Å². The predicted molar refractivity (Wildman–Crippen MR) is 94.5 cm³/mol. The molecule has 0 spiro atoms. The molecule has 1 amide bonds.